The van der Waals surface area contributed by atoms with Crippen LogP contribution in [0.2, 0.25) is 0 Å². The van der Waals surface area contributed by atoms with Crippen LogP contribution in [0.3, 0.4) is 0 Å². The quantitative estimate of drug-likeness (QED) is 0.312. The lowest BCUT2D eigenvalue weighted by Gasteiger charge is -2.25. The van der Waals surface area contributed by atoms with E-state index in [2.05, 4.69) is 10.3 Å². The van der Waals surface area contributed by atoms with E-state index in [0.717, 1.165) is 5.56 Å². The molecule has 1 aromatic rings. The van der Waals surface area contributed by atoms with Crippen molar-refractivity contribution in [3.05, 3.63) is 30.1 Å². The SMILES string of the molecule is OC[C@@H](O)[C@@H](O)[C@H](O)[C@@H](O)CNCc1ccncc1. The molecular formula is C12H20N2O5. The highest BCUT2D eigenvalue weighted by Crippen LogP contribution is 2.05. The lowest BCUT2D eigenvalue weighted by molar-refractivity contribution is -0.114. The molecule has 0 amide bonds. The summed E-state index contributed by atoms with van der Waals surface area (Å²) in [6, 6.07) is 3.61. The molecule has 0 radical (unpaired) electrons. The third kappa shape index (κ3) is 5.19. The van der Waals surface area contributed by atoms with Crippen LogP contribution in [0, 0.1) is 0 Å². The van der Waals surface area contributed by atoms with Gasteiger partial charge in [-0.25, -0.2) is 0 Å². The van der Waals surface area contributed by atoms with Crippen molar-refractivity contribution >= 4 is 0 Å². The lowest BCUT2D eigenvalue weighted by Crippen LogP contribution is -2.48. The van der Waals surface area contributed by atoms with Gasteiger partial charge >= 0.3 is 0 Å². The largest absolute Gasteiger partial charge is 0.394 e. The van der Waals surface area contributed by atoms with Crippen molar-refractivity contribution in [1.29, 1.82) is 0 Å². The van der Waals surface area contributed by atoms with Gasteiger partial charge in [0.05, 0.1) is 12.7 Å². The van der Waals surface area contributed by atoms with E-state index in [0.29, 0.717) is 6.54 Å². The summed E-state index contributed by atoms with van der Waals surface area (Å²) in [5.41, 5.74) is 0.965. The molecule has 0 aromatic carbocycles. The third-order valence-corrected chi connectivity index (χ3v) is 2.76. The molecule has 0 aliphatic heterocycles. The highest BCUT2D eigenvalue weighted by Gasteiger charge is 2.29. The molecule has 108 valence electrons. The summed E-state index contributed by atoms with van der Waals surface area (Å²) in [4.78, 5) is 3.87. The highest BCUT2D eigenvalue weighted by atomic mass is 16.4. The highest BCUT2D eigenvalue weighted by molar-refractivity contribution is 5.09. The van der Waals surface area contributed by atoms with Gasteiger partial charge in [-0.3, -0.25) is 4.98 Å². The molecule has 0 spiro atoms. The molecule has 4 atom stereocenters. The van der Waals surface area contributed by atoms with Crippen molar-refractivity contribution in [2.24, 2.45) is 0 Å². The molecule has 0 aliphatic carbocycles. The first-order valence-corrected chi connectivity index (χ1v) is 5.99. The molecule has 19 heavy (non-hydrogen) atoms. The first-order chi connectivity index (χ1) is 9.06. The molecule has 0 aliphatic rings. The van der Waals surface area contributed by atoms with E-state index in [1.54, 1.807) is 24.5 Å². The Morgan fingerprint density at radius 2 is 1.58 bits per heavy atom. The second-order valence-corrected chi connectivity index (χ2v) is 4.28. The molecule has 7 heteroatoms. The zero-order valence-electron chi connectivity index (χ0n) is 10.4. The summed E-state index contributed by atoms with van der Waals surface area (Å²) in [6.07, 6.45) is -2.58. The van der Waals surface area contributed by atoms with E-state index in [-0.39, 0.29) is 6.54 Å². The summed E-state index contributed by atoms with van der Waals surface area (Å²) < 4.78 is 0. The summed E-state index contributed by atoms with van der Waals surface area (Å²) in [5, 5.41) is 49.3. The first-order valence-electron chi connectivity index (χ1n) is 5.99. The standard InChI is InChI=1S/C12H20N2O5/c15-7-10(17)12(19)11(18)9(16)6-14-5-8-1-3-13-4-2-8/h1-4,9-12,14-19H,5-7H2/t9-,10+,11+,12+/m0/s1. The van der Waals surface area contributed by atoms with Crippen LogP contribution in [0.4, 0.5) is 0 Å². The van der Waals surface area contributed by atoms with Crippen LogP contribution >= 0.6 is 0 Å². The van der Waals surface area contributed by atoms with Crippen molar-refractivity contribution in [3.63, 3.8) is 0 Å². The number of nitrogens with one attached hydrogen (secondary N) is 1. The first kappa shape index (κ1) is 16.0. The van der Waals surface area contributed by atoms with Crippen LogP contribution in [0.15, 0.2) is 24.5 Å². The van der Waals surface area contributed by atoms with Gasteiger partial charge in [0.2, 0.25) is 0 Å². The number of nitrogens with zero attached hydrogens (tertiary/aromatic N) is 1. The molecular weight excluding hydrogens is 252 g/mol. The lowest BCUT2D eigenvalue weighted by atomic mass is 10.0. The number of rotatable bonds is 8. The number of aliphatic hydroxyl groups excluding tert-OH is 5. The fourth-order valence-corrected chi connectivity index (χ4v) is 1.55. The van der Waals surface area contributed by atoms with Crippen LogP contribution in [-0.2, 0) is 6.54 Å². The summed E-state index contributed by atoms with van der Waals surface area (Å²) >= 11 is 0. The van der Waals surface area contributed by atoms with Crippen molar-refractivity contribution in [2.45, 2.75) is 31.0 Å². The van der Waals surface area contributed by atoms with E-state index in [4.69, 9.17) is 10.2 Å². The molecule has 0 saturated carbocycles. The Morgan fingerprint density at radius 3 is 2.16 bits per heavy atom. The van der Waals surface area contributed by atoms with E-state index < -0.39 is 31.0 Å². The second kappa shape index (κ2) is 8.16. The maximum Gasteiger partial charge on any atom is 0.111 e. The van der Waals surface area contributed by atoms with Gasteiger partial charge in [-0.2, -0.15) is 0 Å². The van der Waals surface area contributed by atoms with E-state index >= 15 is 0 Å². The van der Waals surface area contributed by atoms with E-state index in [9.17, 15) is 15.3 Å². The maximum atomic E-state index is 9.63. The number of hydrogen-bond acceptors (Lipinski definition) is 7. The summed E-state index contributed by atoms with van der Waals surface area (Å²) in [7, 11) is 0. The second-order valence-electron chi connectivity index (χ2n) is 4.28. The molecule has 1 heterocycles. The number of aliphatic hydroxyl groups is 5. The average Bonchev–Trinajstić information content (AvgIpc) is 2.45. The van der Waals surface area contributed by atoms with Gasteiger partial charge in [0.1, 0.15) is 18.3 Å². The van der Waals surface area contributed by atoms with Crippen molar-refractivity contribution in [2.75, 3.05) is 13.2 Å². The van der Waals surface area contributed by atoms with Gasteiger partial charge in [-0.1, -0.05) is 0 Å². The minimum Gasteiger partial charge on any atom is -0.394 e. The van der Waals surface area contributed by atoms with E-state index in [1.807, 2.05) is 0 Å². The molecule has 6 N–H and O–H groups in total. The Bertz CT molecular complexity index is 351. The van der Waals surface area contributed by atoms with Crippen LogP contribution in [0.5, 0.6) is 0 Å². The van der Waals surface area contributed by atoms with Gasteiger partial charge in [-0.05, 0) is 17.7 Å². The molecule has 7 nitrogen and oxygen atoms in total. The molecule has 0 bridgehead atoms. The molecule has 0 unspecified atom stereocenters. The number of pyridine rings is 1. The number of aromatic nitrogens is 1. The van der Waals surface area contributed by atoms with Crippen LogP contribution in [0.25, 0.3) is 0 Å². The Balaban J connectivity index is 2.32. The topological polar surface area (TPSA) is 126 Å². The Labute approximate surface area is 111 Å². The smallest absolute Gasteiger partial charge is 0.111 e. The van der Waals surface area contributed by atoms with Crippen molar-refractivity contribution < 1.29 is 25.5 Å². The number of hydrogen-bond donors (Lipinski definition) is 6. The monoisotopic (exact) mass is 272 g/mol. The van der Waals surface area contributed by atoms with Crippen molar-refractivity contribution in [3.8, 4) is 0 Å². The Kier molecular flexibility index (Phi) is 6.85. The zero-order valence-corrected chi connectivity index (χ0v) is 10.4. The molecule has 1 aromatic heterocycles. The van der Waals surface area contributed by atoms with Crippen molar-refractivity contribution in [1.82, 2.24) is 10.3 Å². The minimum absolute atomic E-state index is 0.0404. The van der Waals surface area contributed by atoms with Gasteiger partial charge in [0.15, 0.2) is 0 Å². The third-order valence-electron chi connectivity index (χ3n) is 2.76. The minimum atomic E-state index is -1.59. The van der Waals surface area contributed by atoms with Gasteiger partial charge < -0.3 is 30.8 Å². The summed E-state index contributed by atoms with van der Waals surface area (Å²) in [6.45, 7) is -0.168. The fraction of sp³-hybridized carbons (Fsp3) is 0.583. The van der Waals surface area contributed by atoms with Crippen LogP contribution in [-0.4, -0.2) is 68.1 Å². The van der Waals surface area contributed by atoms with Crippen LogP contribution in [0.1, 0.15) is 5.56 Å². The van der Waals surface area contributed by atoms with Crippen LogP contribution < -0.4 is 5.32 Å². The van der Waals surface area contributed by atoms with Gasteiger partial charge in [-0.15, -0.1) is 0 Å². The molecule has 0 saturated heterocycles. The normalized spacial score (nSPS) is 17.7. The maximum absolute atomic E-state index is 9.63. The van der Waals surface area contributed by atoms with Gasteiger partial charge in [0, 0.05) is 25.5 Å². The zero-order chi connectivity index (χ0) is 14.3. The fourth-order valence-electron chi connectivity index (χ4n) is 1.55. The molecule has 0 fully saturated rings. The predicted molar refractivity (Wildman–Crippen MR) is 67.1 cm³/mol. The Morgan fingerprint density at radius 1 is 1.00 bits per heavy atom. The van der Waals surface area contributed by atoms with Gasteiger partial charge in [0.25, 0.3) is 0 Å². The molecule has 1 rings (SSSR count). The predicted octanol–water partition coefficient (Wildman–Crippen LogP) is -2.39. The van der Waals surface area contributed by atoms with E-state index in [1.165, 1.54) is 0 Å². The Hall–Kier alpha value is -1.09. The summed E-state index contributed by atoms with van der Waals surface area (Å²) in [5.74, 6) is 0. The average molecular weight is 272 g/mol.